The molecule has 1 aliphatic rings. The number of aliphatic hydroxyl groups excluding tert-OH is 1. The van der Waals surface area contributed by atoms with E-state index in [-0.39, 0.29) is 36.4 Å². The Balaban J connectivity index is 0.00000208. The number of anilines is 1. The molecule has 0 spiro atoms. The molecule has 0 unspecified atom stereocenters. The van der Waals surface area contributed by atoms with Crippen LogP contribution in [0.2, 0.25) is 0 Å². The minimum absolute atomic E-state index is 0. The van der Waals surface area contributed by atoms with Gasteiger partial charge in [0.15, 0.2) is 5.96 Å². The summed E-state index contributed by atoms with van der Waals surface area (Å²) in [6, 6.07) is 13.1. The minimum Gasteiger partial charge on any atom is -0.392 e. The van der Waals surface area contributed by atoms with Gasteiger partial charge < -0.3 is 15.3 Å². The van der Waals surface area contributed by atoms with Crippen molar-refractivity contribution in [2.75, 3.05) is 18.5 Å². The molecule has 0 bridgehead atoms. The van der Waals surface area contributed by atoms with Crippen molar-refractivity contribution in [1.29, 1.82) is 0 Å². The second-order valence-electron chi connectivity index (χ2n) is 5.51. The fourth-order valence-electron chi connectivity index (χ4n) is 2.89. The number of hydrogen-bond donors (Lipinski definition) is 2. The van der Waals surface area contributed by atoms with Crippen molar-refractivity contribution < 1.29 is 9.50 Å². The zero-order chi connectivity index (χ0) is 16.2. The molecule has 1 aliphatic heterocycles. The number of benzene rings is 2. The van der Waals surface area contributed by atoms with Gasteiger partial charge in [-0.15, -0.1) is 24.0 Å². The average molecular weight is 441 g/mol. The third-order valence-electron chi connectivity index (χ3n) is 4.09. The number of halogens is 2. The van der Waals surface area contributed by atoms with E-state index in [4.69, 9.17) is 5.11 Å². The van der Waals surface area contributed by atoms with E-state index in [1.807, 2.05) is 12.1 Å². The number of hydrogen-bond acceptors (Lipinski definition) is 2. The second-order valence-corrected chi connectivity index (χ2v) is 5.51. The maximum atomic E-state index is 13.4. The second kappa shape index (κ2) is 8.43. The number of guanidine groups is 1. The number of aliphatic hydroxyl groups is 1. The third kappa shape index (κ3) is 3.87. The summed E-state index contributed by atoms with van der Waals surface area (Å²) in [6.45, 7) is 1.12. The molecular weight excluding hydrogens is 420 g/mol. The SMILES string of the molecule is CN=C(NCc1ccc(F)c(CO)c1)N1CCc2ccccc21.I. The van der Waals surface area contributed by atoms with E-state index < -0.39 is 0 Å². The van der Waals surface area contributed by atoms with Crippen LogP contribution >= 0.6 is 24.0 Å². The molecule has 0 amide bonds. The van der Waals surface area contributed by atoms with Crippen molar-refractivity contribution in [3.05, 3.63) is 65.0 Å². The van der Waals surface area contributed by atoms with Crippen molar-refractivity contribution in [3.63, 3.8) is 0 Å². The van der Waals surface area contributed by atoms with Crippen LogP contribution in [0, 0.1) is 5.82 Å². The normalized spacial score (nSPS) is 13.5. The highest BCUT2D eigenvalue weighted by Crippen LogP contribution is 2.27. The van der Waals surface area contributed by atoms with Gasteiger partial charge in [0.05, 0.1) is 6.61 Å². The first-order chi connectivity index (χ1) is 11.2. The first-order valence-corrected chi connectivity index (χ1v) is 7.67. The van der Waals surface area contributed by atoms with Gasteiger partial charge in [-0.2, -0.15) is 0 Å². The fourth-order valence-corrected chi connectivity index (χ4v) is 2.89. The molecule has 1 heterocycles. The van der Waals surface area contributed by atoms with Gasteiger partial charge in [0, 0.05) is 31.4 Å². The zero-order valence-electron chi connectivity index (χ0n) is 13.5. The van der Waals surface area contributed by atoms with E-state index in [0.29, 0.717) is 12.1 Å². The van der Waals surface area contributed by atoms with Gasteiger partial charge >= 0.3 is 0 Å². The summed E-state index contributed by atoms with van der Waals surface area (Å²) in [5.41, 5.74) is 3.71. The average Bonchev–Trinajstić information content (AvgIpc) is 3.01. The van der Waals surface area contributed by atoms with E-state index in [0.717, 1.165) is 24.5 Å². The summed E-state index contributed by atoms with van der Waals surface area (Å²) >= 11 is 0. The Morgan fingerprint density at radius 3 is 2.83 bits per heavy atom. The molecule has 3 rings (SSSR count). The quantitative estimate of drug-likeness (QED) is 0.438. The molecule has 2 aromatic carbocycles. The molecule has 24 heavy (non-hydrogen) atoms. The van der Waals surface area contributed by atoms with E-state index >= 15 is 0 Å². The molecule has 4 nitrogen and oxygen atoms in total. The molecule has 0 atom stereocenters. The van der Waals surface area contributed by atoms with Crippen molar-refractivity contribution >= 4 is 35.6 Å². The van der Waals surface area contributed by atoms with Gasteiger partial charge in [0.2, 0.25) is 0 Å². The first kappa shape index (κ1) is 18.7. The van der Waals surface area contributed by atoms with Gasteiger partial charge in [-0.25, -0.2) is 4.39 Å². The van der Waals surface area contributed by atoms with Crippen molar-refractivity contribution in [2.45, 2.75) is 19.6 Å². The highest BCUT2D eigenvalue weighted by molar-refractivity contribution is 14.0. The highest BCUT2D eigenvalue weighted by Gasteiger charge is 2.22. The molecule has 0 radical (unpaired) electrons. The van der Waals surface area contributed by atoms with Crippen LogP contribution in [-0.2, 0) is 19.6 Å². The van der Waals surface area contributed by atoms with Gasteiger partial charge in [0.25, 0.3) is 0 Å². The summed E-state index contributed by atoms with van der Waals surface area (Å²) in [5.74, 6) is 0.416. The smallest absolute Gasteiger partial charge is 0.198 e. The Bertz CT molecular complexity index is 736. The van der Waals surface area contributed by atoms with Gasteiger partial charge in [0.1, 0.15) is 5.82 Å². The lowest BCUT2D eigenvalue weighted by Crippen LogP contribution is -2.40. The van der Waals surface area contributed by atoms with Crippen LogP contribution in [0.25, 0.3) is 0 Å². The number of rotatable bonds is 3. The van der Waals surface area contributed by atoms with Crippen LogP contribution in [0.15, 0.2) is 47.5 Å². The number of nitrogens with zero attached hydrogens (tertiary/aromatic N) is 2. The number of fused-ring (bicyclic) bond motifs is 1. The van der Waals surface area contributed by atoms with E-state index in [2.05, 4.69) is 27.3 Å². The fraction of sp³-hybridized carbons (Fsp3) is 0.278. The van der Waals surface area contributed by atoms with Crippen molar-refractivity contribution in [1.82, 2.24) is 5.32 Å². The summed E-state index contributed by atoms with van der Waals surface area (Å²) in [5, 5.41) is 12.5. The standard InChI is InChI=1S/C18H20FN3O.HI/c1-20-18(22-9-8-14-4-2-3-5-17(14)22)21-11-13-6-7-16(19)15(10-13)12-23;/h2-7,10,23H,8-9,11-12H2,1H3,(H,20,21);1H. The Labute approximate surface area is 158 Å². The predicted octanol–water partition coefficient (Wildman–Crippen LogP) is 3.07. The van der Waals surface area contributed by atoms with Crippen LogP contribution in [0.4, 0.5) is 10.1 Å². The predicted molar refractivity (Wildman–Crippen MR) is 105 cm³/mol. The maximum Gasteiger partial charge on any atom is 0.198 e. The Kier molecular flexibility index (Phi) is 6.56. The molecule has 2 N–H and O–H groups in total. The first-order valence-electron chi connectivity index (χ1n) is 7.67. The molecule has 2 aromatic rings. The number of nitrogens with one attached hydrogen (secondary N) is 1. The molecule has 0 saturated carbocycles. The molecule has 128 valence electrons. The lowest BCUT2D eigenvalue weighted by molar-refractivity contribution is 0.275. The molecule has 0 saturated heterocycles. The molecule has 6 heteroatoms. The lowest BCUT2D eigenvalue weighted by atomic mass is 10.1. The zero-order valence-corrected chi connectivity index (χ0v) is 15.8. The number of para-hydroxylation sites is 1. The minimum atomic E-state index is -0.380. The van der Waals surface area contributed by atoms with Crippen LogP contribution in [-0.4, -0.2) is 24.7 Å². The van der Waals surface area contributed by atoms with Gasteiger partial charge in [-0.1, -0.05) is 24.3 Å². The van der Waals surface area contributed by atoms with Crippen molar-refractivity contribution in [3.8, 4) is 0 Å². The van der Waals surface area contributed by atoms with Gasteiger partial charge in [-0.3, -0.25) is 4.99 Å². The van der Waals surface area contributed by atoms with E-state index in [1.54, 1.807) is 19.2 Å². The molecule has 0 aromatic heterocycles. The third-order valence-corrected chi connectivity index (χ3v) is 4.09. The van der Waals surface area contributed by atoms with Crippen LogP contribution in [0.5, 0.6) is 0 Å². The summed E-state index contributed by atoms with van der Waals surface area (Å²) in [4.78, 5) is 6.51. The highest BCUT2D eigenvalue weighted by atomic mass is 127. The Morgan fingerprint density at radius 2 is 2.08 bits per heavy atom. The van der Waals surface area contributed by atoms with E-state index in [9.17, 15) is 4.39 Å². The monoisotopic (exact) mass is 441 g/mol. The summed E-state index contributed by atoms with van der Waals surface area (Å²) < 4.78 is 13.4. The van der Waals surface area contributed by atoms with Crippen LogP contribution in [0.1, 0.15) is 16.7 Å². The van der Waals surface area contributed by atoms with Gasteiger partial charge in [-0.05, 0) is 35.7 Å². The number of aliphatic imine (C=N–C) groups is 1. The van der Waals surface area contributed by atoms with Crippen LogP contribution < -0.4 is 10.2 Å². The largest absolute Gasteiger partial charge is 0.392 e. The molecule has 0 aliphatic carbocycles. The topological polar surface area (TPSA) is 47.9 Å². The Hall–Kier alpha value is -1.67. The Morgan fingerprint density at radius 1 is 1.29 bits per heavy atom. The summed E-state index contributed by atoms with van der Waals surface area (Å²) in [7, 11) is 1.76. The molecule has 0 fully saturated rings. The van der Waals surface area contributed by atoms with Crippen LogP contribution in [0.3, 0.4) is 0 Å². The molecular formula is C18H21FIN3O. The van der Waals surface area contributed by atoms with E-state index in [1.165, 1.54) is 17.3 Å². The maximum absolute atomic E-state index is 13.4. The summed E-state index contributed by atoms with van der Waals surface area (Å²) in [6.07, 6.45) is 1.00. The lowest BCUT2D eigenvalue weighted by Gasteiger charge is -2.22. The van der Waals surface area contributed by atoms with Crippen molar-refractivity contribution in [2.24, 2.45) is 4.99 Å².